The number of fused-ring (bicyclic) bond motifs is 1. The fourth-order valence-electron chi connectivity index (χ4n) is 2.34. The Bertz CT molecular complexity index is 1120. The Hall–Kier alpha value is -3.06. The van der Waals surface area contributed by atoms with Crippen molar-refractivity contribution < 1.29 is 4.74 Å². The summed E-state index contributed by atoms with van der Waals surface area (Å²) in [5, 5.41) is 4.31. The first-order chi connectivity index (χ1) is 11.7. The number of aromatic nitrogens is 4. The number of hydrogen-bond acceptors (Lipinski definition) is 6. The Morgan fingerprint density at radius 2 is 2.04 bits per heavy atom. The Labute approximate surface area is 140 Å². The third kappa shape index (κ3) is 2.55. The van der Waals surface area contributed by atoms with Gasteiger partial charge in [-0.3, -0.25) is 9.78 Å². The molecule has 0 amide bonds. The van der Waals surface area contributed by atoms with Gasteiger partial charge in [0.1, 0.15) is 5.75 Å². The quantitative estimate of drug-likeness (QED) is 0.570. The summed E-state index contributed by atoms with van der Waals surface area (Å²) in [6.07, 6.45) is 5.16. The zero-order valence-electron chi connectivity index (χ0n) is 12.7. The predicted octanol–water partition coefficient (Wildman–Crippen LogP) is 1.77. The van der Waals surface area contributed by atoms with Crippen molar-refractivity contribution >= 4 is 22.4 Å². The highest BCUT2D eigenvalue weighted by molar-refractivity contribution is 7.15. The molecule has 0 bridgehead atoms. The van der Waals surface area contributed by atoms with Gasteiger partial charge in [-0.15, -0.1) is 5.10 Å². The Balaban J connectivity index is 1.81. The highest BCUT2D eigenvalue weighted by atomic mass is 32.1. The minimum Gasteiger partial charge on any atom is -0.497 e. The van der Waals surface area contributed by atoms with E-state index >= 15 is 0 Å². The molecule has 0 saturated heterocycles. The number of ether oxygens (including phenoxy) is 1. The summed E-state index contributed by atoms with van der Waals surface area (Å²) in [6.45, 7) is 0. The second-order valence-corrected chi connectivity index (χ2v) is 6.07. The third-order valence-electron chi connectivity index (χ3n) is 3.51. The van der Waals surface area contributed by atoms with E-state index in [0.29, 0.717) is 15.3 Å². The number of nitrogens with zero attached hydrogens (tertiary/aromatic N) is 4. The average Bonchev–Trinajstić information content (AvgIpc) is 3.16. The van der Waals surface area contributed by atoms with Crippen LogP contribution >= 0.6 is 11.3 Å². The van der Waals surface area contributed by atoms with Gasteiger partial charge in [-0.05, 0) is 35.9 Å². The lowest BCUT2D eigenvalue weighted by Crippen LogP contribution is -2.23. The summed E-state index contributed by atoms with van der Waals surface area (Å²) in [5.41, 5.74) is 1.55. The molecule has 6 nitrogen and oxygen atoms in total. The normalized spacial score (nSPS) is 12.0. The SMILES string of the molecule is COc1cccc(/C=c2\sc3nc(-c4ccncc4)nn3c2=O)c1. The molecule has 0 fully saturated rings. The lowest BCUT2D eigenvalue weighted by atomic mass is 10.2. The molecule has 0 unspecified atom stereocenters. The van der Waals surface area contributed by atoms with E-state index in [4.69, 9.17) is 4.74 Å². The molecule has 0 saturated carbocycles. The number of pyridine rings is 1. The minimum absolute atomic E-state index is 0.175. The fraction of sp³-hybridized carbons (Fsp3) is 0.0588. The summed E-state index contributed by atoms with van der Waals surface area (Å²) < 4.78 is 7.12. The van der Waals surface area contributed by atoms with Crippen molar-refractivity contribution in [1.82, 2.24) is 19.6 Å². The molecule has 0 radical (unpaired) electrons. The van der Waals surface area contributed by atoms with Crippen molar-refractivity contribution in [2.75, 3.05) is 7.11 Å². The van der Waals surface area contributed by atoms with E-state index in [2.05, 4.69) is 15.1 Å². The van der Waals surface area contributed by atoms with Crippen LogP contribution < -0.4 is 14.8 Å². The van der Waals surface area contributed by atoms with Gasteiger partial charge in [0.25, 0.3) is 5.56 Å². The second-order valence-electron chi connectivity index (χ2n) is 5.06. The van der Waals surface area contributed by atoms with Gasteiger partial charge in [-0.25, -0.2) is 0 Å². The van der Waals surface area contributed by atoms with Crippen molar-refractivity contribution in [2.45, 2.75) is 0 Å². The van der Waals surface area contributed by atoms with Crippen LogP contribution in [0.1, 0.15) is 5.56 Å². The molecule has 0 aliphatic heterocycles. The summed E-state index contributed by atoms with van der Waals surface area (Å²) in [4.78, 5) is 21.5. The van der Waals surface area contributed by atoms with Crippen molar-refractivity contribution in [2.24, 2.45) is 0 Å². The van der Waals surface area contributed by atoms with Crippen LogP contribution in [0.25, 0.3) is 22.4 Å². The standard InChI is InChI=1S/C17H12N4O2S/c1-23-13-4-2-3-11(9-13)10-14-16(22)21-17(24-14)19-15(20-21)12-5-7-18-8-6-12/h2-10H,1H3/b14-10-. The van der Waals surface area contributed by atoms with Gasteiger partial charge in [0, 0.05) is 18.0 Å². The van der Waals surface area contributed by atoms with E-state index < -0.39 is 0 Å². The largest absolute Gasteiger partial charge is 0.497 e. The molecule has 0 N–H and O–H groups in total. The highest BCUT2D eigenvalue weighted by Crippen LogP contribution is 2.16. The average molecular weight is 336 g/mol. The van der Waals surface area contributed by atoms with Crippen molar-refractivity contribution in [3.05, 3.63) is 69.2 Å². The van der Waals surface area contributed by atoms with Crippen LogP contribution in [0.2, 0.25) is 0 Å². The fourth-order valence-corrected chi connectivity index (χ4v) is 3.25. The zero-order valence-corrected chi connectivity index (χ0v) is 13.5. The van der Waals surface area contributed by atoms with E-state index in [1.807, 2.05) is 42.5 Å². The van der Waals surface area contributed by atoms with Gasteiger partial charge < -0.3 is 4.74 Å². The summed E-state index contributed by atoms with van der Waals surface area (Å²) in [7, 11) is 1.61. The molecule has 7 heteroatoms. The molecule has 0 aliphatic rings. The molecular weight excluding hydrogens is 324 g/mol. The third-order valence-corrected chi connectivity index (χ3v) is 4.47. The van der Waals surface area contributed by atoms with Crippen LogP contribution in [0.15, 0.2) is 53.6 Å². The molecule has 0 spiro atoms. The van der Waals surface area contributed by atoms with Gasteiger partial charge in [0.05, 0.1) is 11.6 Å². The monoisotopic (exact) mass is 336 g/mol. The molecule has 1 aromatic carbocycles. The highest BCUT2D eigenvalue weighted by Gasteiger charge is 2.11. The van der Waals surface area contributed by atoms with E-state index in [-0.39, 0.29) is 5.56 Å². The molecular formula is C17H12N4O2S. The van der Waals surface area contributed by atoms with Crippen LogP contribution in [0.5, 0.6) is 5.75 Å². The summed E-state index contributed by atoms with van der Waals surface area (Å²) >= 11 is 1.31. The van der Waals surface area contributed by atoms with E-state index in [0.717, 1.165) is 16.9 Å². The van der Waals surface area contributed by atoms with E-state index in [1.54, 1.807) is 19.5 Å². The van der Waals surface area contributed by atoms with Crippen LogP contribution in [-0.4, -0.2) is 26.7 Å². The Kier molecular flexibility index (Phi) is 3.55. The number of thiazole rings is 1. The lowest BCUT2D eigenvalue weighted by molar-refractivity contribution is 0.414. The van der Waals surface area contributed by atoms with Crippen molar-refractivity contribution in [3.63, 3.8) is 0 Å². The van der Waals surface area contributed by atoms with Gasteiger partial charge in [0.15, 0.2) is 5.82 Å². The molecule has 24 heavy (non-hydrogen) atoms. The minimum atomic E-state index is -0.175. The predicted molar refractivity (Wildman–Crippen MR) is 92.1 cm³/mol. The molecule has 0 atom stereocenters. The molecule has 3 aromatic heterocycles. The van der Waals surface area contributed by atoms with Gasteiger partial charge in [-0.1, -0.05) is 23.5 Å². The lowest BCUT2D eigenvalue weighted by Gasteiger charge is -1.99. The molecule has 4 rings (SSSR count). The van der Waals surface area contributed by atoms with Crippen LogP contribution in [0.3, 0.4) is 0 Å². The van der Waals surface area contributed by atoms with Gasteiger partial charge in [0.2, 0.25) is 4.96 Å². The Morgan fingerprint density at radius 3 is 2.79 bits per heavy atom. The smallest absolute Gasteiger partial charge is 0.291 e. The summed E-state index contributed by atoms with van der Waals surface area (Å²) in [6, 6.07) is 11.2. The van der Waals surface area contributed by atoms with Gasteiger partial charge in [-0.2, -0.15) is 9.50 Å². The van der Waals surface area contributed by atoms with Gasteiger partial charge >= 0.3 is 0 Å². The maximum Gasteiger partial charge on any atom is 0.291 e. The van der Waals surface area contributed by atoms with Crippen LogP contribution in [-0.2, 0) is 0 Å². The molecule has 4 aromatic rings. The maximum atomic E-state index is 12.5. The van der Waals surface area contributed by atoms with E-state index in [1.165, 1.54) is 15.9 Å². The number of benzene rings is 1. The van der Waals surface area contributed by atoms with Crippen molar-refractivity contribution in [1.29, 1.82) is 0 Å². The van der Waals surface area contributed by atoms with Crippen LogP contribution in [0, 0.1) is 0 Å². The first-order valence-electron chi connectivity index (χ1n) is 7.20. The first kappa shape index (κ1) is 14.5. The zero-order chi connectivity index (χ0) is 16.5. The van der Waals surface area contributed by atoms with Crippen molar-refractivity contribution in [3.8, 4) is 17.1 Å². The number of rotatable bonds is 3. The number of methoxy groups -OCH3 is 1. The van der Waals surface area contributed by atoms with Crippen LogP contribution in [0.4, 0.5) is 0 Å². The first-order valence-corrected chi connectivity index (χ1v) is 8.02. The molecule has 118 valence electrons. The number of hydrogen-bond donors (Lipinski definition) is 0. The second kappa shape index (κ2) is 5.86. The molecule has 3 heterocycles. The maximum absolute atomic E-state index is 12.5. The topological polar surface area (TPSA) is 69.4 Å². The van der Waals surface area contributed by atoms with E-state index in [9.17, 15) is 4.79 Å². The summed E-state index contributed by atoms with van der Waals surface area (Å²) in [5.74, 6) is 1.27. The molecule has 0 aliphatic carbocycles. The Morgan fingerprint density at radius 1 is 1.21 bits per heavy atom.